The van der Waals surface area contributed by atoms with Crippen molar-refractivity contribution in [2.24, 2.45) is 0 Å². The highest BCUT2D eigenvalue weighted by Gasteiger charge is 2.38. The Labute approximate surface area is 169 Å². The van der Waals surface area contributed by atoms with E-state index in [4.69, 9.17) is 11.6 Å². The number of hydrogen-bond donors (Lipinski definition) is 3. The molecule has 0 bridgehead atoms. The molecular weight excluding hydrogens is 374 g/mol. The zero-order valence-corrected chi connectivity index (χ0v) is 16.6. The fraction of sp³-hybridized carbons (Fsp3) is 0.364. The average molecular weight is 398 g/mol. The van der Waals surface area contributed by atoms with Crippen molar-refractivity contribution in [2.45, 2.75) is 50.7 Å². The number of amides is 2. The van der Waals surface area contributed by atoms with E-state index in [0.717, 1.165) is 31.2 Å². The average Bonchev–Trinajstić information content (AvgIpc) is 2.69. The van der Waals surface area contributed by atoms with Crippen LogP contribution in [0.25, 0.3) is 0 Å². The van der Waals surface area contributed by atoms with Crippen LogP contribution in [0.15, 0.2) is 42.5 Å². The summed E-state index contributed by atoms with van der Waals surface area (Å²) in [6.45, 7) is 1.95. The van der Waals surface area contributed by atoms with Gasteiger partial charge in [0.15, 0.2) is 0 Å². The van der Waals surface area contributed by atoms with E-state index in [2.05, 4.69) is 16.0 Å². The van der Waals surface area contributed by atoms with Crippen LogP contribution in [0.4, 0.5) is 5.69 Å². The van der Waals surface area contributed by atoms with Crippen LogP contribution in [0.3, 0.4) is 0 Å². The molecule has 1 heterocycles. The SMILES string of the molecule is Cc1cccc(C(=O)Nc2ccc(Cl)cc2C2NC3CCCCC3NC2=O)c1. The van der Waals surface area contributed by atoms with Crippen LogP contribution < -0.4 is 16.0 Å². The van der Waals surface area contributed by atoms with Gasteiger partial charge in [-0.05, 0) is 50.1 Å². The van der Waals surface area contributed by atoms with Crippen LogP contribution in [0.2, 0.25) is 5.02 Å². The van der Waals surface area contributed by atoms with Gasteiger partial charge in [0, 0.05) is 33.9 Å². The lowest BCUT2D eigenvalue weighted by atomic mass is 9.86. The van der Waals surface area contributed by atoms with Crippen LogP contribution in [0.5, 0.6) is 0 Å². The fourth-order valence-corrected chi connectivity index (χ4v) is 4.34. The summed E-state index contributed by atoms with van der Waals surface area (Å²) in [5, 5.41) is 10.1. The minimum Gasteiger partial charge on any atom is -0.350 e. The third-order valence-electron chi connectivity index (χ3n) is 5.59. The number of piperazine rings is 1. The first kappa shape index (κ1) is 19.0. The predicted molar refractivity (Wildman–Crippen MR) is 111 cm³/mol. The van der Waals surface area contributed by atoms with Gasteiger partial charge in [-0.15, -0.1) is 0 Å². The topological polar surface area (TPSA) is 70.2 Å². The molecular formula is C22H24ClN3O2. The molecule has 1 saturated carbocycles. The van der Waals surface area contributed by atoms with E-state index in [0.29, 0.717) is 21.8 Å². The van der Waals surface area contributed by atoms with Gasteiger partial charge in [0.2, 0.25) is 5.91 Å². The Morgan fingerprint density at radius 2 is 1.89 bits per heavy atom. The lowest BCUT2D eigenvalue weighted by Gasteiger charge is -2.41. The summed E-state index contributed by atoms with van der Waals surface area (Å²) in [6, 6.07) is 12.5. The number of carbonyl (C=O) groups is 2. The van der Waals surface area contributed by atoms with Crippen molar-refractivity contribution in [3.8, 4) is 0 Å². The van der Waals surface area contributed by atoms with E-state index in [1.165, 1.54) is 0 Å². The molecule has 1 aliphatic carbocycles. The highest BCUT2D eigenvalue weighted by molar-refractivity contribution is 6.30. The third-order valence-corrected chi connectivity index (χ3v) is 5.82. The summed E-state index contributed by atoms with van der Waals surface area (Å²) in [7, 11) is 0. The van der Waals surface area contributed by atoms with Crippen LogP contribution in [0.1, 0.15) is 53.2 Å². The number of carbonyl (C=O) groups excluding carboxylic acids is 2. The maximum Gasteiger partial charge on any atom is 0.255 e. The van der Waals surface area contributed by atoms with Gasteiger partial charge < -0.3 is 10.6 Å². The van der Waals surface area contributed by atoms with E-state index < -0.39 is 6.04 Å². The summed E-state index contributed by atoms with van der Waals surface area (Å²) in [4.78, 5) is 25.5. The molecule has 146 valence electrons. The number of benzene rings is 2. The summed E-state index contributed by atoms with van der Waals surface area (Å²) < 4.78 is 0. The van der Waals surface area contributed by atoms with Crippen molar-refractivity contribution in [3.63, 3.8) is 0 Å². The molecule has 0 radical (unpaired) electrons. The molecule has 0 aromatic heterocycles. The van der Waals surface area contributed by atoms with E-state index in [9.17, 15) is 9.59 Å². The first-order valence-electron chi connectivity index (χ1n) is 9.75. The molecule has 1 saturated heterocycles. The largest absolute Gasteiger partial charge is 0.350 e. The standard InChI is InChI=1S/C22H24ClN3O2/c1-13-5-4-6-14(11-13)21(27)25-17-10-9-15(23)12-16(17)20-22(28)26-19-8-3-2-7-18(19)24-20/h4-6,9-12,18-20,24H,2-3,7-8H2,1H3,(H,25,27)(H,26,28). The lowest BCUT2D eigenvalue weighted by molar-refractivity contribution is -0.127. The number of fused-ring (bicyclic) bond motifs is 1. The minimum atomic E-state index is -0.536. The van der Waals surface area contributed by atoms with Crippen LogP contribution in [-0.4, -0.2) is 23.9 Å². The molecule has 0 spiro atoms. The Morgan fingerprint density at radius 3 is 2.68 bits per heavy atom. The van der Waals surface area contributed by atoms with Gasteiger partial charge in [0.25, 0.3) is 5.91 Å². The van der Waals surface area contributed by atoms with Gasteiger partial charge in [-0.25, -0.2) is 0 Å². The van der Waals surface area contributed by atoms with Crippen molar-refractivity contribution in [1.82, 2.24) is 10.6 Å². The molecule has 5 nitrogen and oxygen atoms in total. The molecule has 4 rings (SSSR count). The number of hydrogen-bond acceptors (Lipinski definition) is 3. The summed E-state index contributed by atoms with van der Waals surface area (Å²) in [6.07, 6.45) is 4.33. The number of halogens is 1. The normalized spacial score (nSPS) is 24.2. The highest BCUT2D eigenvalue weighted by atomic mass is 35.5. The van der Waals surface area contributed by atoms with Crippen molar-refractivity contribution in [1.29, 1.82) is 0 Å². The molecule has 2 aliphatic rings. The van der Waals surface area contributed by atoms with Crippen molar-refractivity contribution in [3.05, 3.63) is 64.2 Å². The van der Waals surface area contributed by atoms with Gasteiger partial charge in [-0.1, -0.05) is 42.1 Å². The second kappa shape index (κ2) is 7.94. The van der Waals surface area contributed by atoms with Gasteiger partial charge in [-0.3, -0.25) is 14.9 Å². The predicted octanol–water partition coefficient (Wildman–Crippen LogP) is 3.97. The maximum absolute atomic E-state index is 12.8. The molecule has 2 aromatic carbocycles. The number of nitrogens with one attached hydrogen (secondary N) is 3. The number of rotatable bonds is 3. The van der Waals surface area contributed by atoms with Gasteiger partial charge >= 0.3 is 0 Å². The van der Waals surface area contributed by atoms with Crippen molar-refractivity contribution >= 4 is 29.1 Å². The molecule has 2 aromatic rings. The number of anilines is 1. The van der Waals surface area contributed by atoms with Crippen molar-refractivity contribution in [2.75, 3.05) is 5.32 Å². The summed E-state index contributed by atoms with van der Waals surface area (Å²) in [5.41, 5.74) is 2.88. The highest BCUT2D eigenvalue weighted by Crippen LogP contribution is 2.32. The van der Waals surface area contributed by atoms with Crippen LogP contribution in [-0.2, 0) is 4.79 Å². The molecule has 3 atom stereocenters. The van der Waals surface area contributed by atoms with Gasteiger partial charge in [0.05, 0.1) is 0 Å². The van der Waals surface area contributed by atoms with E-state index in [1.807, 2.05) is 25.1 Å². The first-order valence-corrected chi connectivity index (χ1v) is 10.1. The number of aryl methyl sites for hydroxylation is 1. The molecule has 2 amide bonds. The Bertz CT molecular complexity index is 914. The minimum absolute atomic E-state index is 0.0727. The summed E-state index contributed by atoms with van der Waals surface area (Å²) in [5.74, 6) is -0.282. The first-order chi connectivity index (χ1) is 13.5. The van der Waals surface area contributed by atoms with Crippen molar-refractivity contribution < 1.29 is 9.59 Å². The maximum atomic E-state index is 12.8. The Morgan fingerprint density at radius 1 is 1.11 bits per heavy atom. The van der Waals surface area contributed by atoms with Gasteiger partial charge in [-0.2, -0.15) is 0 Å². The molecule has 3 unspecified atom stereocenters. The molecule has 1 aliphatic heterocycles. The Hall–Kier alpha value is -2.37. The Balaban J connectivity index is 1.61. The van der Waals surface area contributed by atoms with Gasteiger partial charge in [0.1, 0.15) is 6.04 Å². The quantitative estimate of drug-likeness (QED) is 0.733. The van der Waals surface area contributed by atoms with E-state index in [-0.39, 0.29) is 23.9 Å². The molecule has 3 N–H and O–H groups in total. The van der Waals surface area contributed by atoms with Crippen LogP contribution >= 0.6 is 11.6 Å². The fourth-order valence-electron chi connectivity index (χ4n) is 4.16. The zero-order valence-electron chi connectivity index (χ0n) is 15.8. The second-order valence-electron chi connectivity index (χ2n) is 7.66. The van der Waals surface area contributed by atoms with E-state index in [1.54, 1.807) is 24.3 Å². The molecule has 6 heteroatoms. The second-order valence-corrected chi connectivity index (χ2v) is 8.10. The smallest absolute Gasteiger partial charge is 0.255 e. The van der Waals surface area contributed by atoms with E-state index >= 15 is 0 Å². The molecule has 28 heavy (non-hydrogen) atoms. The Kier molecular flexibility index (Phi) is 5.38. The third kappa shape index (κ3) is 3.91. The lowest BCUT2D eigenvalue weighted by Crippen LogP contribution is -2.61. The zero-order chi connectivity index (χ0) is 19.7. The summed E-state index contributed by atoms with van der Waals surface area (Å²) >= 11 is 6.22. The monoisotopic (exact) mass is 397 g/mol. The van der Waals surface area contributed by atoms with Crippen LogP contribution in [0, 0.1) is 6.92 Å². The molecule has 2 fully saturated rings.